The summed E-state index contributed by atoms with van der Waals surface area (Å²) >= 11 is 1.80. The van der Waals surface area contributed by atoms with Crippen LogP contribution in [0.1, 0.15) is 18.2 Å². The number of hydrogen-bond acceptors (Lipinski definition) is 4. The number of thioether (sulfide) groups is 1. The molecule has 30 heavy (non-hydrogen) atoms. The Hall–Kier alpha value is -3.25. The number of aryl methyl sites for hydroxylation is 1. The van der Waals surface area contributed by atoms with Gasteiger partial charge in [-0.25, -0.2) is 4.98 Å². The minimum atomic E-state index is -0.349. The topological polar surface area (TPSA) is 81.0 Å². The van der Waals surface area contributed by atoms with Crippen LogP contribution in [0.25, 0.3) is 22.2 Å². The fourth-order valence-electron chi connectivity index (χ4n) is 3.46. The van der Waals surface area contributed by atoms with Crippen LogP contribution in [-0.2, 0) is 11.2 Å². The van der Waals surface area contributed by atoms with Crippen LogP contribution in [0.3, 0.4) is 0 Å². The van der Waals surface area contributed by atoms with Gasteiger partial charge < -0.3 is 15.5 Å². The van der Waals surface area contributed by atoms with E-state index in [1.165, 1.54) is 4.90 Å². The lowest BCUT2D eigenvalue weighted by molar-refractivity contribution is -0.117. The third-order valence-corrected chi connectivity index (χ3v) is 5.61. The number of aromatic amines is 1. The third-order valence-electron chi connectivity index (χ3n) is 4.74. The Labute approximate surface area is 179 Å². The molecule has 0 saturated carbocycles. The molecule has 6 heteroatoms. The number of H-pyrrole nitrogens is 1. The van der Waals surface area contributed by atoms with E-state index in [1.54, 1.807) is 11.8 Å². The summed E-state index contributed by atoms with van der Waals surface area (Å²) < 4.78 is 6.27. The lowest BCUT2D eigenvalue weighted by Gasteiger charge is -2.15. The number of nitrogens with one attached hydrogen (secondary N) is 1. The molecule has 0 unspecified atom stereocenters. The van der Waals surface area contributed by atoms with Gasteiger partial charge in [-0.05, 0) is 66.3 Å². The Morgan fingerprint density at radius 2 is 1.90 bits per heavy atom. The largest absolute Gasteiger partial charge is 0.457 e. The van der Waals surface area contributed by atoms with Gasteiger partial charge in [-0.3, -0.25) is 4.79 Å². The van der Waals surface area contributed by atoms with Gasteiger partial charge in [0.1, 0.15) is 17.1 Å². The van der Waals surface area contributed by atoms with Gasteiger partial charge in [0.25, 0.3) is 0 Å². The van der Waals surface area contributed by atoms with E-state index in [4.69, 9.17) is 10.5 Å². The van der Waals surface area contributed by atoms with Crippen LogP contribution in [0.15, 0.2) is 65.7 Å². The number of carbonyl (C=O) groups excluding carboxylic acids is 1. The number of nitrogens with two attached hydrogens (primary N) is 1. The van der Waals surface area contributed by atoms with Crippen LogP contribution >= 0.6 is 11.8 Å². The lowest BCUT2D eigenvalue weighted by atomic mass is 10.0. The van der Waals surface area contributed by atoms with Crippen LogP contribution in [0.5, 0.6) is 11.5 Å². The molecular weight excluding hydrogens is 394 g/mol. The van der Waals surface area contributed by atoms with Crippen molar-refractivity contribution in [3.63, 3.8) is 0 Å². The first-order valence-electron chi connectivity index (χ1n) is 9.80. The van der Waals surface area contributed by atoms with Crippen molar-refractivity contribution in [2.45, 2.75) is 25.2 Å². The second-order valence-electron chi connectivity index (χ2n) is 7.03. The van der Waals surface area contributed by atoms with Gasteiger partial charge in [-0.1, -0.05) is 19.1 Å². The number of ether oxygens (including phenoxy) is 1. The summed E-state index contributed by atoms with van der Waals surface area (Å²) in [6.45, 7) is 4.13. The molecule has 4 aromatic rings. The summed E-state index contributed by atoms with van der Waals surface area (Å²) in [5, 5.41) is 1.06. The third kappa shape index (κ3) is 4.33. The number of carbonyl (C=O) groups is 1. The predicted octanol–water partition coefficient (Wildman–Crippen LogP) is 5.47. The Kier molecular flexibility index (Phi) is 5.77. The van der Waals surface area contributed by atoms with Gasteiger partial charge in [0, 0.05) is 27.7 Å². The average Bonchev–Trinajstić information content (AvgIpc) is 3.18. The van der Waals surface area contributed by atoms with Crippen molar-refractivity contribution < 1.29 is 9.53 Å². The summed E-state index contributed by atoms with van der Waals surface area (Å²) in [5.41, 5.74) is 10.0. The van der Waals surface area contributed by atoms with Crippen LogP contribution in [0.2, 0.25) is 0 Å². The summed E-state index contributed by atoms with van der Waals surface area (Å²) in [6, 6.07) is 17.8. The monoisotopic (exact) mass is 417 g/mol. The van der Waals surface area contributed by atoms with E-state index in [0.29, 0.717) is 5.75 Å². The number of rotatable bonds is 7. The first kappa shape index (κ1) is 20.0. The number of pyridine rings is 1. The van der Waals surface area contributed by atoms with Gasteiger partial charge in [0.15, 0.2) is 0 Å². The van der Waals surface area contributed by atoms with Crippen molar-refractivity contribution in [2.75, 3.05) is 5.75 Å². The van der Waals surface area contributed by atoms with Gasteiger partial charge >= 0.3 is 0 Å². The molecule has 4 rings (SSSR count). The van der Waals surface area contributed by atoms with Crippen LogP contribution in [0.4, 0.5) is 0 Å². The molecule has 152 valence electrons. The second kappa shape index (κ2) is 8.63. The van der Waals surface area contributed by atoms with Crippen molar-refractivity contribution in [1.29, 1.82) is 0 Å². The molecule has 0 aliphatic rings. The highest BCUT2D eigenvalue weighted by Crippen LogP contribution is 2.39. The molecule has 2 heterocycles. The highest BCUT2D eigenvalue weighted by atomic mass is 32.2. The van der Waals surface area contributed by atoms with Gasteiger partial charge in [-0.2, -0.15) is 0 Å². The van der Waals surface area contributed by atoms with E-state index in [0.717, 1.165) is 44.9 Å². The Balaban J connectivity index is 1.76. The lowest BCUT2D eigenvalue weighted by Crippen LogP contribution is -2.13. The van der Waals surface area contributed by atoms with Crippen molar-refractivity contribution in [3.05, 3.63) is 72.1 Å². The number of aromatic nitrogens is 2. The highest BCUT2D eigenvalue weighted by Gasteiger charge is 2.14. The maximum Gasteiger partial charge on any atom is 0.221 e. The molecule has 0 aliphatic heterocycles. The van der Waals surface area contributed by atoms with Gasteiger partial charge in [0.2, 0.25) is 5.91 Å². The number of amides is 1. The number of nitrogens with zero attached hydrogens (tertiary/aromatic N) is 1. The summed E-state index contributed by atoms with van der Waals surface area (Å²) in [4.78, 5) is 20.1. The van der Waals surface area contributed by atoms with E-state index >= 15 is 0 Å². The molecule has 5 nitrogen and oxygen atoms in total. The van der Waals surface area contributed by atoms with Crippen LogP contribution in [0, 0.1) is 6.92 Å². The molecule has 0 spiro atoms. The number of primary amides is 1. The van der Waals surface area contributed by atoms with Gasteiger partial charge in [-0.15, -0.1) is 11.8 Å². The van der Waals surface area contributed by atoms with E-state index in [2.05, 4.69) is 35.1 Å². The quantitative estimate of drug-likeness (QED) is 0.391. The van der Waals surface area contributed by atoms with Gasteiger partial charge in [0.05, 0.1) is 6.42 Å². The standard InChI is InChI=1S/C24H23N3O2S/c1-3-30-18-8-9-22(29-17-6-4-16(5-7-17)13-23(25)28)21(14-18)20-12-15(2)27-24-19(20)10-11-26-24/h4-12,14H,3,13H2,1-2H3,(H2,25,28)(H,26,27). The summed E-state index contributed by atoms with van der Waals surface area (Å²) in [7, 11) is 0. The normalized spacial score (nSPS) is 11.0. The number of benzene rings is 2. The Morgan fingerprint density at radius 1 is 1.10 bits per heavy atom. The van der Waals surface area contributed by atoms with Crippen molar-refractivity contribution in [1.82, 2.24) is 9.97 Å². The summed E-state index contributed by atoms with van der Waals surface area (Å²) in [6.07, 6.45) is 2.12. The first-order chi connectivity index (χ1) is 14.5. The van der Waals surface area contributed by atoms with Crippen molar-refractivity contribution >= 4 is 28.7 Å². The Bertz CT molecular complexity index is 1200. The number of hydrogen-bond donors (Lipinski definition) is 2. The molecule has 2 aromatic heterocycles. The van der Waals surface area contributed by atoms with Crippen molar-refractivity contribution in [3.8, 4) is 22.6 Å². The SMILES string of the molecule is CCSc1ccc(Oc2ccc(CC(N)=O)cc2)c(-c2cc(C)nc3[nH]ccc23)c1. The molecule has 0 radical (unpaired) electrons. The maximum atomic E-state index is 11.1. The van der Waals surface area contributed by atoms with Crippen LogP contribution < -0.4 is 10.5 Å². The van der Waals surface area contributed by atoms with E-state index in [-0.39, 0.29) is 12.3 Å². The fraction of sp³-hybridized carbons (Fsp3) is 0.167. The number of fused-ring (bicyclic) bond motifs is 1. The minimum Gasteiger partial charge on any atom is -0.457 e. The maximum absolute atomic E-state index is 11.1. The predicted molar refractivity (Wildman–Crippen MR) is 122 cm³/mol. The molecule has 0 atom stereocenters. The fourth-order valence-corrected chi connectivity index (χ4v) is 4.16. The smallest absolute Gasteiger partial charge is 0.221 e. The summed E-state index contributed by atoms with van der Waals surface area (Å²) in [5.74, 6) is 2.12. The molecule has 3 N–H and O–H groups in total. The molecule has 2 aromatic carbocycles. The van der Waals surface area contributed by atoms with E-state index in [9.17, 15) is 4.79 Å². The highest BCUT2D eigenvalue weighted by molar-refractivity contribution is 7.99. The second-order valence-corrected chi connectivity index (χ2v) is 8.37. The van der Waals surface area contributed by atoms with E-state index in [1.807, 2.05) is 49.5 Å². The molecule has 0 saturated heterocycles. The molecule has 0 fully saturated rings. The molecular formula is C24H23N3O2S. The zero-order valence-electron chi connectivity index (χ0n) is 16.9. The zero-order chi connectivity index (χ0) is 21.1. The molecule has 0 bridgehead atoms. The zero-order valence-corrected chi connectivity index (χ0v) is 17.8. The van der Waals surface area contributed by atoms with Crippen LogP contribution in [-0.4, -0.2) is 21.6 Å². The van der Waals surface area contributed by atoms with Crippen molar-refractivity contribution in [2.24, 2.45) is 5.73 Å². The average molecular weight is 418 g/mol. The first-order valence-corrected chi connectivity index (χ1v) is 10.8. The van der Waals surface area contributed by atoms with E-state index < -0.39 is 0 Å². The molecule has 1 amide bonds. The Morgan fingerprint density at radius 3 is 2.63 bits per heavy atom. The minimum absolute atomic E-state index is 0.218. The molecule has 0 aliphatic carbocycles.